The van der Waals surface area contributed by atoms with Crippen LogP contribution in [0.3, 0.4) is 0 Å². The van der Waals surface area contributed by atoms with E-state index in [2.05, 4.69) is 5.32 Å². The highest BCUT2D eigenvalue weighted by Crippen LogP contribution is 2.17. The summed E-state index contributed by atoms with van der Waals surface area (Å²) >= 11 is 0. The van der Waals surface area contributed by atoms with Crippen molar-refractivity contribution in [2.75, 3.05) is 12.0 Å². The molecule has 1 aromatic carbocycles. The Kier molecular flexibility index (Phi) is 3.80. The Morgan fingerprint density at radius 1 is 1.35 bits per heavy atom. The topological polar surface area (TPSA) is 102 Å². The average molecular weight is 294 g/mol. The van der Waals surface area contributed by atoms with Crippen LogP contribution in [0.25, 0.3) is 0 Å². The van der Waals surface area contributed by atoms with Crippen LogP contribution in [0.2, 0.25) is 0 Å². The molecular formula is C13H14N2O4S. The van der Waals surface area contributed by atoms with E-state index in [4.69, 9.17) is 10.2 Å². The highest BCUT2D eigenvalue weighted by Gasteiger charge is 2.13. The van der Waals surface area contributed by atoms with Gasteiger partial charge in [0.25, 0.3) is 5.91 Å². The second-order valence-corrected chi connectivity index (χ2v) is 6.34. The summed E-state index contributed by atoms with van der Waals surface area (Å²) in [7, 11) is -3.42. The minimum Gasteiger partial charge on any atom is -0.467 e. The van der Waals surface area contributed by atoms with Crippen LogP contribution in [0.15, 0.2) is 45.9 Å². The monoisotopic (exact) mass is 294 g/mol. The van der Waals surface area contributed by atoms with E-state index in [1.807, 2.05) is 0 Å². The average Bonchev–Trinajstić information content (AvgIpc) is 2.87. The Bertz CT molecular complexity index is 721. The van der Waals surface area contributed by atoms with E-state index in [0.717, 1.165) is 6.26 Å². The zero-order valence-corrected chi connectivity index (χ0v) is 11.6. The first-order valence-corrected chi connectivity index (χ1v) is 7.66. The Balaban J connectivity index is 2.19. The van der Waals surface area contributed by atoms with E-state index >= 15 is 0 Å². The summed E-state index contributed by atoms with van der Waals surface area (Å²) in [5, 5.41) is 2.62. The number of amides is 1. The first-order valence-electron chi connectivity index (χ1n) is 5.77. The Morgan fingerprint density at radius 2 is 2.10 bits per heavy atom. The summed E-state index contributed by atoms with van der Waals surface area (Å²) in [6.45, 7) is 0.217. The molecule has 0 atom stereocenters. The molecule has 0 aliphatic rings. The Morgan fingerprint density at radius 3 is 2.70 bits per heavy atom. The van der Waals surface area contributed by atoms with Crippen LogP contribution in [0.4, 0.5) is 5.69 Å². The SMILES string of the molecule is CS(=O)(=O)c1cc(N)cc(C(=O)NCc2ccco2)c1. The third-order valence-corrected chi connectivity index (χ3v) is 3.71. The lowest BCUT2D eigenvalue weighted by Crippen LogP contribution is -2.23. The second kappa shape index (κ2) is 5.38. The summed E-state index contributed by atoms with van der Waals surface area (Å²) in [5.41, 5.74) is 6.03. The molecule has 0 aliphatic carbocycles. The van der Waals surface area contributed by atoms with Crippen LogP contribution in [-0.2, 0) is 16.4 Å². The number of carbonyl (C=O) groups is 1. The number of benzene rings is 1. The van der Waals surface area contributed by atoms with Crippen molar-refractivity contribution >= 4 is 21.4 Å². The zero-order chi connectivity index (χ0) is 14.8. The van der Waals surface area contributed by atoms with E-state index < -0.39 is 15.7 Å². The van der Waals surface area contributed by atoms with Crippen LogP contribution in [0.1, 0.15) is 16.1 Å². The van der Waals surface area contributed by atoms with Gasteiger partial charge in [-0.2, -0.15) is 0 Å². The lowest BCUT2D eigenvalue weighted by molar-refractivity contribution is 0.0948. The molecule has 3 N–H and O–H groups in total. The molecule has 2 aromatic rings. The molecule has 106 valence electrons. The number of carbonyl (C=O) groups excluding carboxylic acids is 1. The maximum atomic E-state index is 12.0. The van der Waals surface area contributed by atoms with E-state index in [0.29, 0.717) is 5.76 Å². The van der Waals surface area contributed by atoms with Gasteiger partial charge in [-0.15, -0.1) is 0 Å². The largest absolute Gasteiger partial charge is 0.467 e. The molecule has 2 rings (SSSR count). The van der Waals surface area contributed by atoms with Gasteiger partial charge in [0.2, 0.25) is 0 Å². The van der Waals surface area contributed by atoms with Gasteiger partial charge in [-0.05, 0) is 30.3 Å². The number of hydrogen-bond acceptors (Lipinski definition) is 5. The number of furan rings is 1. The van der Waals surface area contributed by atoms with Gasteiger partial charge >= 0.3 is 0 Å². The lowest BCUT2D eigenvalue weighted by Gasteiger charge is -2.07. The minimum atomic E-state index is -3.42. The quantitative estimate of drug-likeness (QED) is 0.825. The standard InChI is InChI=1S/C13H14N2O4S/c1-20(17,18)12-6-9(5-10(14)7-12)13(16)15-8-11-3-2-4-19-11/h2-7H,8,14H2,1H3,(H,15,16). The summed E-state index contributed by atoms with van der Waals surface area (Å²) < 4.78 is 28.1. The van der Waals surface area contributed by atoms with Gasteiger partial charge in [-0.25, -0.2) is 8.42 Å². The molecule has 0 unspecified atom stereocenters. The number of sulfone groups is 1. The van der Waals surface area contributed by atoms with Crippen molar-refractivity contribution in [2.24, 2.45) is 0 Å². The molecule has 0 saturated carbocycles. The summed E-state index contributed by atoms with van der Waals surface area (Å²) in [4.78, 5) is 12.0. The molecule has 1 aromatic heterocycles. The second-order valence-electron chi connectivity index (χ2n) is 4.32. The molecule has 0 radical (unpaired) electrons. The molecule has 0 fully saturated rings. The molecule has 1 heterocycles. The van der Waals surface area contributed by atoms with E-state index in [9.17, 15) is 13.2 Å². The first-order chi connectivity index (χ1) is 9.36. The van der Waals surface area contributed by atoms with Gasteiger partial charge in [0, 0.05) is 17.5 Å². The Hall–Kier alpha value is -2.28. The fourth-order valence-electron chi connectivity index (χ4n) is 1.65. The number of nitrogen functional groups attached to an aromatic ring is 1. The zero-order valence-electron chi connectivity index (χ0n) is 10.8. The van der Waals surface area contributed by atoms with Crippen molar-refractivity contribution in [3.8, 4) is 0 Å². The lowest BCUT2D eigenvalue weighted by atomic mass is 10.2. The van der Waals surface area contributed by atoms with Gasteiger partial charge in [0.15, 0.2) is 9.84 Å². The van der Waals surface area contributed by atoms with Crippen molar-refractivity contribution in [1.29, 1.82) is 0 Å². The van der Waals surface area contributed by atoms with Crippen LogP contribution >= 0.6 is 0 Å². The molecule has 0 bridgehead atoms. The van der Waals surface area contributed by atoms with Crippen LogP contribution in [0, 0.1) is 0 Å². The number of hydrogen-bond donors (Lipinski definition) is 2. The van der Waals surface area contributed by atoms with Crippen molar-refractivity contribution < 1.29 is 17.6 Å². The minimum absolute atomic E-state index is 0.0145. The van der Waals surface area contributed by atoms with Crippen molar-refractivity contribution in [1.82, 2.24) is 5.32 Å². The molecule has 6 nitrogen and oxygen atoms in total. The van der Waals surface area contributed by atoms with Crippen LogP contribution in [0.5, 0.6) is 0 Å². The van der Waals surface area contributed by atoms with Crippen LogP contribution in [-0.4, -0.2) is 20.6 Å². The maximum Gasteiger partial charge on any atom is 0.251 e. The molecule has 0 saturated heterocycles. The predicted molar refractivity (Wildman–Crippen MR) is 73.8 cm³/mol. The number of nitrogens with two attached hydrogens (primary N) is 1. The number of rotatable bonds is 4. The third-order valence-electron chi connectivity index (χ3n) is 2.62. The third kappa shape index (κ3) is 3.39. The van der Waals surface area contributed by atoms with E-state index in [1.165, 1.54) is 24.5 Å². The van der Waals surface area contributed by atoms with E-state index in [1.54, 1.807) is 12.1 Å². The molecule has 20 heavy (non-hydrogen) atoms. The van der Waals surface area contributed by atoms with Gasteiger partial charge in [-0.1, -0.05) is 0 Å². The molecular weight excluding hydrogens is 280 g/mol. The number of anilines is 1. The fourth-order valence-corrected chi connectivity index (χ4v) is 2.34. The molecule has 0 aliphatic heterocycles. The van der Waals surface area contributed by atoms with Gasteiger partial charge in [0.1, 0.15) is 5.76 Å². The first kappa shape index (κ1) is 14.1. The molecule has 7 heteroatoms. The van der Waals surface area contributed by atoms with Gasteiger partial charge in [0.05, 0.1) is 17.7 Å². The Labute approximate surface area is 116 Å². The normalized spacial score (nSPS) is 11.2. The van der Waals surface area contributed by atoms with Crippen molar-refractivity contribution in [2.45, 2.75) is 11.4 Å². The molecule has 0 spiro atoms. The summed E-state index contributed by atoms with van der Waals surface area (Å²) in [5.74, 6) is 0.184. The smallest absolute Gasteiger partial charge is 0.251 e. The molecule has 1 amide bonds. The van der Waals surface area contributed by atoms with Crippen LogP contribution < -0.4 is 11.1 Å². The summed E-state index contributed by atoms with van der Waals surface area (Å²) in [6.07, 6.45) is 2.57. The highest BCUT2D eigenvalue weighted by atomic mass is 32.2. The van der Waals surface area contributed by atoms with Crippen molar-refractivity contribution in [3.05, 3.63) is 47.9 Å². The maximum absolute atomic E-state index is 12.0. The fraction of sp³-hybridized carbons (Fsp3) is 0.154. The van der Waals surface area contributed by atoms with Gasteiger partial charge < -0.3 is 15.5 Å². The van der Waals surface area contributed by atoms with Gasteiger partial charge in [-0.3, -0.25) is 4.79 Å². The van der Waals surface area contributed by atoms with Crippen molar-refractivity contribution in [3.63, 3.8) is 0 Å². The van der Waals surface area contributed by atoms with E-state index in [-0.39, 0.29) is 22.7 Å². The predicted octanol–water partition coefficient (Wildman–Crippen LogP) is 1.20. The highest BCUT2D eigenvalue weighted by molar-refractivity contribution is 7.90. The number of nitrogens with one attached hydrogen (secondary N) is 1. The summed E-state index contributed by atoms with van der Waals surface area (Å²) in [6, 6.07) is 7.47.